The molecule has 0 saturated carbocycles. The molecule has 0 fully saturated rings. The van der Waals surface area contributed by atoms with Crippen molar-refractivity contribution in [3.8, 4) is 0 Å². The minimum Gasteiger partial charge on any atom is -0.370 e. The van der Waals surface area contributed by atoms with Gasteiger partial charge in [-0.05, 0) is 24.3 Å². The lowest BCUT2D eigenvalue weighted by Crippen LogP contribution is -2.17. The number of rotatable bonds is 4. The second-order valence-electron chi connectivity index (χ2n) is 3.02. The van der Waals surface area contributed by atoms with Gasteiger partial charge >= 0.3 is 0 Å². The maximum atomic E-state index is 11.2. The number of carbonyl (C=O) groups excluding carboxylic acids is 2. The van der Waals surface area contributed by atoms with Crippen molar-refractivity contribution in [2.75, 3.05) is 5.32 Å². The van der Waals surface area contributed by atoms with Crippen molar-refractivity contribution in [3.05, 3.63) is 29.3 Å². The number of nitrogens with one attached hydrogen (secondary N) is 1. The fourth-order valence-corrected chi connectivity index (χ4v) is 1.12. The molecule has 2 amide bonds. The van der Waals surface area contributed by atoms with Gasteiger partial charge in [-0.2, -0.15) is 0 Å². The van der Waals surface area contributed by atoms with Gasteiger partial charge in [0.05, 0.1) is 0 Å². The summed E-state index contributed by atoms with van der Waals surface area (Å²) in [6.45, 7) is 0. The molecule has 3 N–H and O–H groups in total. The Labute approximate surface area is 92.4 Å². The number of primary amides is 1. The van der Waals surface area contributed by atoms with Crippen LogP contribution in [0.15, 0.2) is 24.3 Å². The summed E-state index contributed by atoms with van der Waals surface area (Å²) in [6, 6.07) is 6.71. The molecule has 80 valence electrons. The van der Waals surface area contributed by atoms with Crippen LogP contribution in [0, 0.1) is 0 Å². The molecule has 0 atom stereocenters. The quantitative estimate of drug-likeness (QED) is 0.818. The molecule has 0 aliphatic rings. The third-order valence-electron chi connectivity index (χ3n) is 1.73. The van der Waals surface area contributed by atoms with Crippen molar-refractivity contribution in [2.24, 2.45) is 5.73 Å². The first kappa shape index (κ1) is 11.5. The highest BCUT2D eigenvalue weighted by Gasteiger charge is 2.04. The second kappa shape index (κ2) is 5.36. The summed E-state index contributed by atoms with van der Waals surface area (Å²) in [5.74, 6) is -0.725. The lowest BCUT2D eigenvalue weighted by Gasteiger charge is -2.03. The SMILES string of the molecule is NC(=O)CCC(=O)Nc1ccc(Cl)cc1. The van der Waals surface area contributed by atoms with Crippen LogP contribution in [-0.2, 0) is 9.59 Å². The van der Waals surface area contributed by atoms with Crippen molar-refractivity contribution in [3.63, 3.8) is 0 Å². The number of anilines is 1. The molecule has 0 radical (unpaired) electrons. The van der Waals surface area contributed by atoms with E-state index in [1.165, 1.54) is 0 Å². The standard InChI is InChI=1S/C10H11ClN2O2/c11-7-1-3-8(4-2-7)13-10(15)6-5-9(12)14/h1-4H,5-6H2,(H2,12,14)(H,13,15). The molecule has 0 aromatic heterocycles. The molecule has 1 aromatic carbocycles. The molecule has 0 aliphatic carbocycles. The Morgan fingerprint density at radius 3 is 2.33 bits per heavy atom. The van der Waals surface area contributed by atoms with Crippen molar-refractivity contribution in [1.82, 2.24) is 0 Å². The van der Waals surface area contributed by atoms with Gasteiger partial charge in [-0.1, -0.05) is 11.6 Å². The molecule has 4 nitrogen and oxygen atoms in total. The first-order valence-corrected chi connectivity index (χ1v) is 4.79. The van der Waals surface area contributed by atoms with Gasteiger partial charge in [-0.15, -0.1) is 0 Å². The molecular weight excluding hydrogens is 216 g/mol. The summed E-state index contributed by atoms with van der Waals surface area (Å²) in [5.41, 5.74) is 5.56. The number of carbonyl (C=O) groups is 2. The lowest BCUT2D eigenvalue weighted by molar-refractivity contribution is -0.122. The van der Waals surface area contributed by atoms with Crippen molar-refractivity contribution in [2.45, 2.75) is 12.8 Å². The molecule has 0 bridgehead atoms. The van der Waals surface area contributed by atoms with E-state index in [-0.39, 0.29) is 18.7 Å². The largest absolute Gasteiger partial charge is 0.370 e. The summed E-state index contributed by atoms with van der Waals surface area (Å²) < 4.78 is 0. The third kappa shape index (κ3) is 4.46. The molecule has 1 aromatic rings. The van der Waals surface area contributed by atoms with Gasteiger partial charge in [0.1, 0.15) is 0 Å². The second-order valence-corrected chi connectivity index (χ2v) is 3.46. The fraction of sp³-hybridized carbons (Fsp3) is 0.200. The van der Waals surface area contributed by atoms with Crippen LogP contribution in [0.25, 0.3) is 0 Å². The van der Waals surface area contributed by atoms with E-state index in [1.54, 1.807) is 24.3 Å². The Hall–Kier alpha value is -1.55. The number of benzene rings is 1. The van der Waals surface area contributed by atoms with Crippen LogP contribution in [0.1, 0.15) is 12.8 Å². The summed E-state index contributed by atoms with van der Waals surface area (Å²) in [7, 11) is 0. The summed E-state index contributed by atoms with van der Waals surface area (Å²) in [6.07, 6.45) is 0.150. The molecule has 15 heavy (non-hydrogen) atoms. The van der Waals surface area contributed by atoms with E-state index in [1.807, 2.05) is 0 Å². The molecular formula is C10H11ClN2O2. The van der Waals surface area contributed by atoms with E-state index in [0.29, 0.717) is 10.7 Å². The molecule has 0 heterocycles. The van der Waals surface area contributed by atoms with Gasteiger partial charge in [0.2, 0.25) is 11.8 Å². The van der Waals surface area contributed by atoms with Crippen LogP contribution in [0.5, 0.6) is 0 Å². The average molecular weight is 227 g/mol. The number of hydrogen-bond donors (Lipinski definition) is 2. The van der Waals surface area contributed by atoms with Crippen molar-refractivity contribution >= 4 is 29.1 Å². The smallest absolute Gasteiger partial charge is 0.224 e. The van der Waals surface area contributed by atoms with E-state index in [2.05, 4.69) is 5.32 Å². The maximum absolute atomic E-state index is 11.2. The highest BCUT2D eigenvalue weighted by atomic mass is 35.5. The number of nitrogens with two attached hydrogens (primary N) is 1. The van der Waals surface area contributed by atoms with Gasteiger partial charge in [0.25, 0.3) is 0 Å². The van der Waals surface area contributed by atoms with Gasteiger partial charge in [-0.25, -0.2) is 0 Å². The van der Waals surface area contributed by atoms with Crippen LogP contribution in [0.2, 0.25) is 5.02 Å². The first-order chi connectivity index (χ1) is 7.08. The minimum absolute atomic E-state index is 0.0550. The number of amides is 2. The van der Waals surface area contributed by atoms with Gasteiger partial charge in [0.15, 0.2) is 0 Å². The highest BCUT2D eigenvalue weighted by molar-refractivity contribution is 6.30. The Balaban J connectivity index is 2.44. The monoisotopic (exact) mass is 226 g/mol. The zero-order chi connectivity index (χ0) is 11.3. The number of hydrogen-bond acceptors (Lipinski definition) is 2. The Kier molecular flexibility index (Phi) is 4.12. The van der Waals surface area contributed by atoms with Crippen LogP contribution in [0.3, 0.4) is 0 Å². The lowest BCUT2D eigenvalue weighted by atomic mass is 10.2. The van der Waals surface area contributed by atoms with Crippen LogP contribution in [-0.4, -0.2) is 11.8 Å². The maximum Gasteiger partial charge on any atom is 0.224 e. The van der Waals surface area contributed by atoms with E-state index in [4.69, 9.17) is 17.3 Å². The Bertz CT molecular complexity index is 362. The molecule has 1 rings (SSSR count). The zero-order valence-corrected chi connectivity index (χ0v) is 8.75. The van der Waals surface area contributed by atoms with E-state index in [0.717, 1.165) is 0 Å². The van der Waals surface area contributed by atoms with E-state index >= 15 is 0 Å². The van der Waals surface area contributed by atoms with Crippen LogP contribution in [0.4, 0.5) is 5.69 Å². The highest BCUT2D eigenvalue weighted by Crippen LogP contribution is 2.13. The van der Waals surface area contributed by atoms with E-state index in [9.17, 15) is 9.59 Å². The van der Waals surface area contributed by atoms with Gasteiger partial charge in [0, 0.05) is 23.6 Å². The topological polar surface area (TPSA) is 72.2 Å². The average Bonchev–Trinajstić information content (AvgIpc) is 2.19. The van der Waals surface area contributed by atoms with Gasteiger partial charge in [-0.3, -0.25) is 9.59 Å². The summed E-state index contributed by atoms with van der Waals surface area (Å²) in [4.78, 5) is 21.7. The minimum atomic E-state index is -0.485. The van der Waals surface area contributed by atoms with E-state index < -0.39 is 5.91 Å². The normalized spacial score (nSPS) is 9.67. The molecule has 0 aliphatic heterocycles. The van der Waals surface area contributed by atoms with Crippen LogP contribution < -0.4 is 11.1 Å². The summed E-state index contributed by atoms with van der Waals surface area (Å²) >= 11 is 5.68. The third-order valence-corrected chi connectivity index (χ3v) is 1.98. The van der Waals surface area contributed by atoms with Crippen molar-refractivity contribution < 1.29 is 9.59 Å². The Morgan fingerprint density at radius 1 is 1.20 bits per heavy atom. The molecule has 0 unspecified atom stereocenters. The zero-order valence-electron chi connectivity index (χ0n) is 8.00. The predicted octanol–water partition coefficient (Wildman–Crippen LogP) is 1.54. The molecule has 0 saturated heterocycles. The molecule has 0 spiro atoms. The Morgan fingerprint density at radius 2 is 1.80 bits per heavy atom. The fourth-order valence-electron chi connectivity index (χ4n) is 0.993. The first-order valence-electron chi connectivity index (χ1n) is 4.41. The van der Waals surface area contributed by atoms with Crippen LogP contribution >= 0.6 is 11.6 Å². The predicted molar refractivity (Wildman–Crippen MR) is 58.5 cm³/mol. The number of halogens is 1. The van der Waals surface area contributed by atoms with Gasteiger partial charge < -0.3 is 11.1 Å². The molecule has 5 heteroatoms. The summed E-state index contributed by atoms with van der Waals surface area (Å²) in [5, 5.41) is 3.22. The van der Waals surface area contributed by atoms with Crippen molar-refractivity contribution in [1.29, 1.82) is 0 Å².